The first-order valence-electron chi connectivity index (χ1n) is 6.00. The highest BCUT2D eigenvalue weighted by atomic mass is 35.5. The molecule has 0 aliphatic carbocycles. The van der Waals surface area contributed by atoms with Gasteiger partial charge in [-0.1, -0.05) is 11.6 Å². The largest absolute Gasteiger partial charge is 0.481 e. The van der Waals surface area contributed by atoms with Gasteiger partial charge in [0.05, 0.1) is 22.4 Å². The lowest BCUT2D eigenvalue weighted by atomic mass is 10.2. The molecule has 1 aromatic heterocycles. The first-order chi connectivity index (χ1) is 9.58. The predicted molar refractivity (Wildman–Crippen MR) is 77.2 cm³/mol. The maximum absolute atomic E-state index is 11.8. The molecule has 1 amide bonds. The number of fused-ring (bicyclic) bond motifs is 1. The van der Waals surface area contributed by atoms with Crippen LogP contribution in [0.4, 0.5) is 5.69 Å². The molecule has 0 bridgehead atoms. The quantitative estimate of drug-likeness (QED) is 0.800. The van der Waals surface area contributed by atoms with Crippen LogP contribution in [0.1, 0.15) is 25.7 Å². The number of carbonyl (C=O) groups is 2. The lowest BCUT2D eigenvalue weighted by Crippen LogP contribution is -2.12. The van der Waals surface area contributed by atoms with Gasteiger partial charge < -0.3 is 10.4 Å². The Labute approximate surface area is 124 Å². The summed E-state index contributed by atoms with van der Waals surface area (Å²) in [5.41, 5.74) is 1.71. The van der Waals surface area contributed by atoms with E-state index >= 15 is 0 Å². The van der Waals surface area contributed by atoms with Crippen LogP contribution < -0.4 is 5.32 Å². The number of amides is 1. The fourth-order valence-corrected chi connectivity index (χ4v) is 2.45. The van der Waals surface area contributed by atoms with Crippen LogP contribution in [0.2, 0.25) is 5.02 Å². The summed E-state index contributed by atoms with van der Waals surface area (Å²) in [5.74, 6) is -1.07. The molecule has 0 aliphatic heterocycles. The van der Waals surface area contributed by atoms with E-state index in [1.54, 1.807) is 12.1 Å². The Morgan fingerprint density at radius 2 is 2.00 bits per heavy atom. The lowest BCUT2D eigenvalue weighted by molar-refractivity contribution is -0.137. The zero-order chi connectivity index (χ0) is 14.5. The van der Waals surface area contributed by atoms with Crippen LogP contribution >= 0.6 is 23.3 Å². The van der Waals surface area contributed by atoms with Crippen molar-refractivity contribution in [3.05, 3.63) is 17.2 Å². The van der Waals surface area contributed by atoms with Crippen molar-refractivity contribution in [3.63, 3.8) is 0 Å². The van der Waals surface area contributed by atoms with E-state index in [0.29, 0.717) is 34.6 Å². The molecule has 6 nitrogen and oxygen atoms in total. The minimum Gasteiger partial charge on any atom is -0.481 e. The van der Waals surface area contributed by atoms with E-state index < -0.39 is 5.97 Å². The summed E-state index contributed by atoms with van der Waals surface area (Å²) >= 11 is 7.10. The van der Waals surface area contributed by atoms with Crippen molar-refractivity contribution in [2.24, 2.45) is 0 Å². The van der Waals surface area contributed by atoms with Crippen molar-refractivity contribution in [2.45, 2.75) is 25.7 Å². The van der Waals surface area contributed by atoms with E-state index in [1.807, 2.05) is 0 Å². The Bertz CT molecular complexity index is 644. The summed E-state index contributed by atoms with van der Waals surface area (Å²) in [6, 6.07) is 3.40. The summed E-state index contributed by atoms with van der Waals surface area (Å²) in [5, 5.41) is 11.6. The van der Waals surface area contributed by atoms with Crippen LogP contribution in [0.5, 0.6) is 0 Å². The molecule has 0 radical (unpaired) electrons. The maximum atomic E-state index is 11.8. The van der Waals surface area contributed by atoms with Crippen molar-refractivity contribution in [1.29, 1.82) is 0 Å². The van der Waals surface area contributed by atoms with Gasteiger partial charge in [-0.3, -0.25) is 9.59 Å². The Balaban J connectivity index is 1.97. The van der Waals surface area contributed by atoms with Crippen LogP contribution in [-0.4, -0.2) is 25.7 Å². The number of nitrogens with zero attached hydrogens (tertiary/aromatic N) is 2. The number of rotatable bonds is 6. The minimum absolute atomic E-state index is 0.0691. The second-order valence-electron chi connectivity index (χ2n) is 4.20. The summed E-state index contributed by atoms with van der Waals surface area (Å²) in [7, 11) is 0. The van der Waals surface area contributed by atoms with Gasteiger partial charge in [-0.25, -0.2) is 0 Å². The number of carboxylic acids is 1. The van der Waals surface area contributed by atoms with E-state index in [0.717, 1.165) is 11.7 Å². The van der Waals surface area contributed by atoms with Gasteiger partial charge in [0, 0.05) is 12.8 Å². The number of anilines is 1. The Morgan fingerprint density at radius 1 is 1.25 bits per heavy atom. The average molecular weight is 314 g/mol. The number of aliphatic carboxylic acids is 1. The van der Waals surface area contributed by atoms with Crippen LogP contribution in [0.25, 0.3) is 11.0 Å². The molecule has 0 atom stereocenters. The Morgan fingerprint density at radius 3 is 2.75 bits per heavy atom. The molecular weight excluding hydrogens is 302 g/mol. The van der Waals surface area contributed by atoms with Crippen LogP contribution in [0.3, 0.4) is 0 Å². The number of unbranched alkanes of at least 4 members (excludes halogenated alkanes) is 1. The van der Waals surface area contributed by atoms with Gasteiger partial charge in [0.25, 0.3) is 0 Å². The molecule has 1 heterocycles. The number of carbonyl (C=O) groups excluding carboxylic acids is 1. The third-order valence-electron chi connectivity index (χ3n) is 2.69. The molecule has 1 aromatic carbocycles. The standard InChI is InChI=1S/C12H12ClN3O3S/c13-7-5-6-8-12(16-20-15-8)11(7)14-9(17)3-1-2-4-10(18)19/h5-6H,1-4H2,(H,14,17)(H,18,19). The van der Waals surface area contributed by atoms with Gasteiger partial charge in [-0.15, -0.1) is 0 Å². The van der Waals surface area contributed by atoms with Crippen molar-refractivity contribution in [3.8, 4) is 0 Å². The second-order valence-corrected chi connectivity index (χ2v) is 5.14. The van der Waals surface area contributed by atoms with Gasteiger partial charge in [-0.2, -0.15) is 8.75 Å². The first kappa shape index (κ1) is 14.7. The lowest BCUT2D eigenvalue weighted by Gasteiger charge is -2.07. The molecule has 2 aromatic rings. The molecule has 2 N–H and O–H groups in total. The highest BCUT2D eigenvalue weighted by Gasteiger charge is 2.12. The molecule has 0 unspecified atom stereocenters. The minimum atomic E-state index is -0.855. The Kier molecular flexibility index (Phi) is 4.86. The number of carboxylic acid groups (broad SMARTS) is 1. The zero-order valence-electron chi connectivity index (χ0n) is 10.4. The van der Waals surface area contributed by atoms with Crippen LogP contribution in [0.15, 0.2) is 12.1 Å². The number of hydrogen-bond acceptors (Lipinski definition) is 5. The molecule has 20 heavy (non-hydrogen) atoms. The summed E-state index contributed by atoms with van der Waals surface area (Å²) in [4.78, 5) is 22.2. The number of hydrogen-bond donors (Lipinski definition) is 2. The number of halogens is 1. The number of nitrogens with one attached hydrogen (secondary N) is 1. The fourth-order valence-electron chi connectivity index (χ4n) is 1.71. The van der Waals surface area contributed by atoms with Crippen molar-refractivity contribution >= 4 is 51.9 Å². The van der Waals surface area contributed by atoms with E-state index in [4.69, 9.17) is 16.7 Å². The van der Waals surface area contributed by atoms with E-state index in [-0.39, 0.29) is 18.7 Å². The fraction of sp³-hybridized carbons (Fsp3) is 0.333. The monoisotopic (exact) mass is 313 g/mol. The molecule has 0 fully saturated rings. The molecule has 106 valence electrons. The number of benzene rings is 1. The highest BCUT2D eigenvalue weighted by Crippen LogP contribution is 2.30. The number of aromatic nitrogens is 2. The molecular formula is C12H12ClN3O3S. The normalized spacial score (nSPS) is 10.7. The summed E-state index contributed by atoms with van der Waals surface area (Å²) in [6.07, 6.45) is 1.30. The summed E-state index contributed by atoms with van der Waals surface area (Å²) in [6.45, 7) is 0. The topological polar surface area (TPSA) is 92.2 Å². The summed E-state index contributed by atoms with van der Waals surface area (Å²) < 4.78 is 8.18. The van der Waals surface area contributed by atoms with Crippen molar-refractivity contribution < 1.29 is 14.7 Å². The van der Waals surface area contributed by atoms with E-state index in [2.05, 4.69) is 14.1 Å². The van der Waals surface area contributed by atoms with Crippen molar-refractivity contribution in [1.82, 2.24) is 8.75 Å². The van der Waals surface area contributed by atoms with Crippen LogP contribution in [0, 0.1) is 0 Å². The van der Waals surface area contributed by atoms with Gasteiger partial charge in [0.2, 0.25) is 5.91 Å². The van der Waals surface area contributed by atoms with Crippen molar-refractivity contribution in [2.75, 3.05) is 5.32 Å². The van der Waals surface area contributed by atoms with Gasteiger partial charge in [0.15, 0.2) is 0 Å². The van der Waals surface area contributed by atoms with Gasteiger partial charge >= 0.3 is 5.97 Å². The Hall–Kier alpha value is -1.73. The zero-order valence-corrected chi connectivity index (χ0v) is 12.0. The molecule has 0 saturated heterocycles. The molecule has 2 rings (SSSR count). The highest BCUT2D eigenvalue weighted by molar-refractivity contribution is 7.00. The van der Waals surface area contributed by atoms with Crippen LogP contribution in [-0.2, 0) is 9.59 Å². The molecule has 8 heteroatoms. The third kappa shape index (κ3) is 3.64. The van der Waals surface area contributed by atoms with E-state index in [9.17, 15) is 9.59 Å². The SMILES string of the molecule is O=C(O)CCCCC(=O)Nc1c(Cl)ccc2nsnc12. The first-order valence-corrected chi connectivity index (χ1v) is 7.11. The molecule has 0 saturated carbocycles. The van der Waals surface area contributed by atoms with Gasteiger partial charge in [-0.05, 0) is 25.0 Å². The molecule has 0 spiro atoms. The van der Waals surface area contributed by atoms with Gasteiger partial charge in [0.1, 0.15) is 11.0 Å². The predicted octanol–water partition coefficient (Wildman–Crippen LogP) is 2.93. The second kappa shape index (κ2) is 6.62. The smallest absolute Gasteiger partial charge is 0.303 e. The maximum Gasteiger partial charge on any atom is 0.303 e. The third-order valence-corrected chi connectivity index (χ3v) is 3.54. The average Bonchev–Trinajstić information content (AvgIpc) is 2.86. The van der Waals surface area contributed by atoms with E-state index in [1.165, 1.54) is 0 Å². The molecule has 0 aliphatic rings.